The molecule has 33 heavy (non-hydrogen) atoms. The minimum atomic E-state index is -1.49. The molecule has 3 aromatic rings. The molecular weight excluding hydrogens is 435 g/mol. The number of amides is 1. The van der Waals surface area contributed by atoms with Gasteiger partial charge in [-0.3, -0.25) is 9.48 Å². The number of anilines is 3. The van der Waals surface area contributed by atoms with Crippen molar-refractivity contribution in [2.45, 2.75) is 25.9 Å². The Bertz CT molecular complexity index is 1190. The fourth-order valence-electron chi connectivity index (χ4n) is 3.81. The number of carbonyl (C=O) groups excluding carboxylic acids is 1. The quantitative estimate of drug-likeness (QED) is 0.550. The molecule has 1 saturated carbocycles. The van der Waals surface area contributed by atoms with Gasteiger partial charge < -0.3 is 15.1 Å². The Kier molecular flexibility index (Phi) is 5.39. The van der Waals surface area contributed by atoms with Crippen molar-refractivity contribution in [1.82, 2.24) is 19.7 Å². The fraction of sp³-hybridized carbons (Fsp3) is 0.364. The molecule has 1 aliphatic carbocycles. The van der Waals surface area contributed by atoms with E-state index >= 15 is 0 Å². The van der Waals surface area contributed by atoms with Crippen molar-refractivity contribution in [3.05, 3.63) is 59.3 Å². The van der Waals surface area contributed by atoms with Crippen LogP contribution in [0.4, 0.5) is 30.6 Å². The van der Waals surface area contributed by atoms with Crippen molar-refractivity contribution >= 4 is 23.4 Å². The first-order chi connectivity index (χ1) is 15.9. The zero-order valence-corrected chi connectivity index (χ0v) is 17.9. The van der Waals surface area contributed by atoms with Crippen LogP contribution in [-0.4, -0.2) is 45.8 Å². The van der Waals surface area contributed by atoms with Crippen LogP contribution >= 0.6 is 0 Å². The Balaban J connectivity index is 1.27. The standard InChI is InChI=1S/C22H22F3N7O/c1-30-18-8-27-22(29-21(18)31(12-19(30)33)9-13-2-3-13)26-6-15-7-28-32(11-15)10-14-4-16(23)20(25)17(24)5-14/h4-5,7-8,11,13H,2-3,6,9-10,12H2,1H3,(H,26,27,29). The molecule has 1 fully saturated rings. The molecule has 0 radical (unpaired) electrons. The first-order valence-corrected chi connectivity index (χ1v) is 10.6. The van der Waals surface area contributed by atoms with Gasteiger partial charge in [0.15, 0.2) is 23.3 Å². The highest BCUT2D eigenvalue weighted by atomic mass is 19.2. The largest absolute Gasteiger partial charge is 0.350 e. The van der Waals surface area contributed by atoms with Gasteiger partial charge in [0.2, 0.25) is 11.9 Å². The average Bonchev–Trinajstić information content (AvgIpc) is 3.50. The summed E-state index contributed by atoms with van der Waals surface area (Å²) < 4.78 is 41.5. The summed E-state index contributed by atoms with van der Waals surface area (Å²) >= 11 is 0. The zero-order chi connectivity index (χ0) is 23.1. The van der Waals surface area contributed by atoms with Crippen molar-refractivity contribution in [2.24, 2.45) is 5.92 Å². The number of hydrogen-bond donors (Lipinski definition) is 1. The van der Waals surface area contributed by atoms with Crippen molar-refractivity contribution in [3.63, 3.8) is 0 Å². The summed E-state index contributed by atoms with van der Waals surface area (Å²) in [5, 5.41) is 7.34. The maximum Gasteiger partial charge on any atom is 0.246 e. The highest BCUT2D eigenvalue weighted by Gasteiger charge is 2.33. The van der Waals surface area contributed by atoms with Crippen LogP contribution in [0, 0.1) is 23.4 Å². The van der Waals surface area contributed by atoms with Crippen molar-refractivity contribution in [2.75, 3.05) is 35.3 Å². The summed E-state index contributed by atoms with van der Waals surface area (Å²) in [6.45, 7) is 1.58. The van der Waals surface area contributed by atoms with Crippen LogP contribution in [0.15, 0.2) is 30.7 Å². The molecule has 1 N–H and O–H groups in total. The van der Waals surface area contributed by atoms with Gasteiger partial charge in [-0.05, 0) is 36.5 Å². The van der Waals surface area contributed by atoms with Gasteiger partial charge >= 0.3 is 0 Å². The van der Waals surface area contributed by atoms with Crippen molar-refractivity contribution in [3.8, 4) is 0 Å². The lowest BCUT2D eigenvalue weighted by atomic mass is 10.2. The summed E-state index contributed by atoms with van der Waals surface area (Å²) in [6.07, 6.45) is 7.33. The monoisotopic (exact) mass is 457 g/mol. The van der Waals surface area contributed by atoms with Crippen LogP contribution in [0.1, 0.15) is 24.0 Å². The van der Waals surface area contributed by atoms with Crippen LogP contribution in [0.2, 0.25) is 0 Å². The van der Waals surface area contributed by atoms with Gasteiger partial charge in [-0.2, -0.15) is 10.1 Å². The first-order valence-electron chi connectivity index (χ1n) is 10.6. The Hall–Kier alpha value is -3.63. The summed E-state index contributed by atoms with van der Waals surface area (Å²) in [7, 11) is 1.72. The van der Waals surface area contributed by atoms with Crippen LogP contribution in [0.5, 0.6) is 0 Å². The topological polar surface area (TPSA) is 79.2 Å². The van der Waals surface area contributed by atoms with E-state index in [1.807, 2.05) is 4.90 Å². The smallest absolute Gasteiger partial charge is 0.246 e. The molecule has 8 nitrogen and oxygen atoms in total. The van der Waals surface area contributed by atoms with Crippen LogP contribution < -0.4 is 15.1 Å². The Morgan fingerprint density at radius 1 is 1.12 bits per heavy atom. The normalized spacial score (nSPS) is 15.7. The van der Waals surface area contributed by atoms with E-state index in [2.05, 4.69) is 20.4 Å². The Labute approximate surface area is 188 Å². The number of rotatable bonds is 7. The summed E-state index contributed by atoms with van der Waals surface area (Å²) in [5.41, 5.74) is 1.76. The molecule has 11 heteroatoms. The molecule has 1 aliphatic heterocycles. The molecule has 0 atom stereocenters. The Morgan fingerprint density at radius 3 is 2.61 bits per heavy atom. The van der Waals surface area contributed by atoms with E-state index in [0.29, 0.717) is 30.6 Å². The average molecular weight is 457 g/mol. The second-order valence-corrected chi connectivity index (χ2v) is 8.45. The van der Waals surface area contributed by atoms with E-state index < -0.39 is 17.5 Å². The number of benzene rings is 1. The third kappa shape index (κ3) is 4.48. The number of halogens is 3. The first kappa shape index (κ1) is 21.2. The number of fused-ring (bicyclic) bond motifs is 1. The molecule has 5 rings (SSSR count). The Morgan fingerprint density at radius 2 is 1.88 bits per heavy atom. The molecular formula is C22H22F3N7O. The predicted octanol–water partition coefficient (Wildman–Crippen LogP) is 2.94. The van der Waals surface area contributed by atoms with Crippen LogP contribution in [-0.2, 0) is 17.9 Å². The fourth-order valence-corrected chi connectivity index (χ4v) is 3.81. The molecule has 2 aromatic heterocycles. The third-order valence-corrected chi connectivity index (χ3v) is 5.81. The molecule has 1 amide bonds. The van der Waals surface area contributed by atoms with Gasteiger partial charge in [0.25, 0.3) is 0 Å². The lowest BCUT2D eigenvalue weighted by Crippen LogP contribution is -2.45. The molecule has 0 saturated heterocycles. The molecule has 0 spiro atoms. The lowest BCUT2D eigenvalue weighted by Gasteiger charge is -2.34. The molecule has 0 unspecified atom stereocenters. The number of aromatic nitrogens is 4. The predicted molar refractivity (Wildman–Crippen MR) is 115 cm³/mol. The summed E-state index contributed by atoms with van der Waals surface area (Å²) in [5.74, 6) is -2.17. The van der Waals surface area contributed by atoms with Crippen LogP contribution in [0.25, 0.3) is 0 Å². The molecule has 1 aromatic carbocycles. The van der Waals surface area contributed by atoms with Gasteiger partial charge in [-0.25, -0.2) is 18.2 Å². The highest BCUT2D eigenvalue weighted by Crippen LogP contribution is 2.36. The number of carbonyl (C=O) groups is 1. The maximum atomic E-state index is 13.4. The maximum absolute atomic E-state index is 13.4. The van der Waals surface area contributed by atoms with E-state index in [1.165, 1.54) is 17.5 Å². The number of hydrogen-bond acceptors (Lipinski definition) is 6. The molecule has 172 valence electrons. The van der Waals surface area contributed by atoms with Crippen molar-refractivity contribution in [1.29, 1.82) is 0 Å². The lowest BCUT2D eigenvalue weighted by molar-refractivity contribution is -0.117. The van der Waals surface area contributed by atoms with E-state index in [-0.39, 0.29) is 18.0 Å². The third-order valence-electron chi connectivity index (χ3n) is 5.81. The summed E-state index contributed by atoms with van der Waals surface area (Å²) in [6, 6.07) is 1.91. The molecule has 2 aliphatic rings. The van der Waals surface area contributed by atoms with Crippen molar-refractivity contribution < 1.29 is 18.0 Å². The van der Waals surface area contributed by atoms with E-state index in [9.17, 15) is 18.0 Å². The van der Waals surface area contributed by atoms with Gasteiger partial charge in [-0.1, -0.05) is 0 Å². The van der Waals surface area contributed by atoms with E-state index in [0.717, 1.165) is 30.1 Å². The minimum absolute atomic E-state index is 0.0146. The zero-order valence-electron chi connectivity index (χ0n) is 17.9. The molecule has 0 bridgehead atoms. The van der Waals surface area contributed by atoms with Crippen LogP contribution in [0.3, 0.4) is 0 Å². The van der Waals surface area contributed by atoms with Gasteiger partial charge in [0, 0.05) is 31.9 Å². The second-order valence-electron chi connectivity index (χ2n) is 8.45. The minimum Gasteiger partial charge on any atom is -0.350 e. The van der Waals surface area contributed by atoms with Gasteiger partial charge in [0.1, 0.15) is 5.69 Å². The van der Waals surface area contributed by atoms with Gasteiger partial charge in [0.05, 0.1) is 25.5 Å². The number of likely N-dealkylation sites (N-methyl/N-ethyl adjacent to an activating group) is 1. The van der Waals surface area contributed by atoms with E-state index in [1.54, 1.807) is 30.5 Å². The SMILES string of the molecule is CN1C(=O)CN(CC2CC2)c2nc(NCc3cnn(Cc4cc(F)c(F)c(F)c4)c3)ncc21. The number of nitrogens with one attached hydrogen (secondary N) is 1. The number of nitrogens with zero attached hydrogens (tertiary/aromatic N) is 6. The second kappa shape index (κ2) is 8.38. The molecule has 3 heterocycles. The van der Waals surface area contributed by atoms with E-state index in [4.69, 9.17) is 0 Å². The highest BCUT2D eigenvalue weighted by molar-refractivity contribution is 6.01. The summed E-state index contributed by atoms with van der Waals surface area (Å²) in [4.78, 5) is 24.9. The van der Waals surface area contributed by atoms with Gasteiger partial charge in [-0.15, -0.1) is 0 Å².